The van der Waals surface area contributed by atoms with E-state index < -0.39 is 0 Å². The van der Waals surface area contributed by atoms with Gasteiger partial charge in [-0.05, 0) is 44.9 Å². The molecule has 0 aromatic rings. The second-order valence-electron chi connectivity index (χ2n) is 3.34. The summed E-state index contributed by atoms with van der Waals surface area (Å²) in [5.41, 5.74) is 0. The van der Waals surface area contributed by atoms with Crippen molar-refractivity contribution in [2.24, 2.45) is 0 Å². The highest BCUT2D eigenvalue weighted by Gasteiger charge is 1.84. The van der Waals surface area contributed by atoms with Crippen LogP contribution in [0.5, 0.6) is 0 Å². The minimum absolute atomic E-state index is 1.18. The van der Waals surface area contributed by atoms with Crippen LogP contribution < -0.4 is 0 Å². The van der Waals surface area contributed by atoms with Gasteiger partial charge in [-0.1, -0.05) is 36.5 Å². The van der Waals surface area contributed by atoms with Crippen LogP contribution in [0.2, 0.25) is 0 Å². The normalized spacial score (nSPS) is 20.3. The van der Waals surface area contributed by atoms with Gasteiger partial charge in [-0.25, -0.2) is 0 Å². The first-order valence-corrected chi connectivity index (χ1v) is 5.28. The van der Waals surface area contributed by atoms with E-state index >= 15 is 0 Å². The Morgan fingerprint density at radius 2 is 0.923 bits per heavy atom. The first-order valence-electron chi connectivity index (χ1n) is 5.28. The molecule has 1 radical (unpaired) electrons. The van der Waals surface area contributed by atoms with Crippen LogP contribution in [0.4, 0.5) is 0 Å². The highest BCUT2D eigenvalue weighted by Crippen LogP contribution is 2.03. The topological polar surface area (TPSA) is 0 Å². The molecule has 0 aromatic heterocycles. The molecule has 0 saturated heterocycles. The Balaban J connectivity index is 2.27. The molecule has 0 amide bonds. The summed E-state index contributed by atoms with van der Waals surface area (Å²) >= 11 is 0. The molecule has 1 aliphatic rings. The van der Waals surface area contributed by atoms with E-state index in [2.05, 4.69) is 42.9 Å². The highest BCUT2D eigenvalue weighted by molar-refractivity contribution is 4.98. The van der Waals surface area contributed by atoms with Crippen molar-refractivity contribution in [3.05, 3.63) is 42.9 Å². The summed E-state index contributed by atoms with van der Waals surface area (Å²) in [4.78, 5) is 0. The molecular formula is C13H19. The molecule has 0 nitrogen and oxygen atoms in total. The molecule has 0 aliphatic heterocycles. The Morgan fingerprint density at radius 1 is 0.462 bits per heavy atom. The van der Waals surface area contributed by atoms with E-state index in [1.807, 2.05) is 0 Å². The molecule has 0 N–H and O–H groups in total. The fourth-order valence-electron chi connectivity index (χ4n) is 1.34. The van der Waals surface area contributed by atoms with Crippen molar-refractivity contribution >= 4 is 0 Å². The second kappa shape index (κ2) is 7.85. The van der Waals surface area contributed by atoms with Gasteiger partial charge in [-0.15, -0.1) is 0 Å². The van der Waals surface area contributed by atoms with Gasteiger partial charge in [0.2, 0.25) is 0 Å². The monoisotopic (exact) mass is 175 g/mol. The van der Waals surface area contributed by atoms with Crippen molar-refractivity contribution in [2.45, 2.75) is 38.5 Å². The third kappa shape index (κ3) is 6.39. The number of allylic oxidation sites excluding steroid dienone is 6. The predicted molar refractivity (Wildman–Crippen MR) is 59.4 cm³/mol. The molecule has 0 bridgehead atoms. The van der Waals surface area contributed by atoms with Crippen LogP contribution in [-0.2, 0) is 0 Å². The lowest BCUT2D eigenvalue weighted by Gasteiger charge is -1.89. The number of rotatable bonds is 0. The van der Waals surface area contributed by atoms with E-state index in [1.165, 1.54) is 38.5 Å². The van der Waals surface area contributed by atoms with Gasteiger partial charge in [0.05, 0.1) is 0 Å². The van der Waals surface area contributed by atoms with Crippen molar-refractivity contribution in [3.8, 4) is 0 Å². The first kappa shape index (κ1) is 10.3. The molecule has 0 saturated carbocycles. The average Bonchev–Trinajstić information content (AvgIpc) is 2.18. The van der Waals surface area contributed by atoms with Gasteiger partial charge in [0, 0.05) is 0 Å². The third-order valence-electron chi connectivity index (χ3n) is 2.11. The maximum Gasteiger partial charge on any atom is -0.0167 e. The number of hydrogen-bond acceptors (Lipinski definition) is 0. The maximum atomic E-state index is 2.29. The Hall–Kier alpha value is -0.780. The first-order chi connectivity index (χ1) is 6.50. The van der Waals surface area contributed by atoms with Crippen LogP contribution in [0.25, 0.3) is 0 Å². The fraction of sp³-hybridized carbons (Fsp3) is 0.462. The second-order valence-corrected chi connectivity index (χ2v) is 3.34. The lowest BCUT2D eigenvalue weighted by atomic mass is 10.2. The molecule has 0 fully saturated rings. The van der Waals surface area contributed by atoms with Crippen molar-refractivity contribution in [2.75, 3.05) is 0 Å². The van der Waals surface area contributed by atoms with E-state index in [1.54, 1.807) is 0 Å². The van der Waals surface area contributed by atoms with E-state index in [0.717, 1.165) is 0 Å². The van der Waals surface area contributed by atoms with Crippen LogP contribution in [0, 0.1) is 6.42 Å². The maximum absolute atomic E-state index is 2.29. The van der Waals surface area contributed by atoms with Crippen LogP contribution in [0.3, 0.4) is 0 Å². The molecule has 0 aromatic carbocycles. The van der Waals surface area contributed by atoms with Crippen molar-refractivity contribution in [1.82, 2.24) is 0 Å². The summed E-state index contributed by atoms with van der Waals surface area (Å²) in [5, 5.41) is 0. The molecule has 0 heterocycles. The SMILES string of the molecule is [CH]1C=CCCC=CCCC=CCC1. The summed E-state index contributed by atoms with van der Waals surface area (Å²) in [5.74, 6) is 0. The van der Waals surface area contributed by atoms with Gasteiger partial charge in [0.25, 0.3) is 0 Å². The zero-order valence-electron chi connectivity index (χ0n) is 8.28. The molecular weight excluding hydrogens is 156 g/mol. The molecule has 1 aliphatic carbocycles. The summed E-state index contributed by atoms with van der Waals surface area (Å²) in [6.07, 6.45) is 23.0. The lowest BCUT2D eigenvalue weighted by Crippen LogP contribution is -1.70. The van der Waals surface area contributed by atoms with Gasteiger partial charge in [0.1, 0.15) is 0 Å². The third-order valence-corrected chi connectivity index (χ3v) is 2.11. The Labute approximate surface area is 82.0 Å². The predicted octanol–water partition coefficient (Wildman–Crippen LogP) is 4.21. The number of hydrogen-bond donors (Lipinski definition) is 0. The van der Waals surface area contributed by atoms with Crippen molar-refractivity contribution in [3.63, 3.8) is 0 Å². The highest BCUT2D eigenvalue weighted by atomic mass is 13.9. The van der Waals surface area contributed by atoms with Gasteiger partial charge in [0.15, 0.2) is 0 Å². The molecule has 0 spiro atoms. The molecule has 13 heavy (non-hydrogen) atoms. The molecule has 71 valence electrons. The largest absolute Gasteiger partial charge is 0.0885 e. The molecule has 0 unspecified atom stereocenters. The van der Waals surface area contributed by atoms with E-state index in [0.29, 0.717) is 0 Å². The molecule has 0 heteroatoms. The van der Waals surface area contributed by atoms with Crippen molar-refractivity contribution in [1.29, 1.82) is 0 Å². The zero-order chi connectivity index (χ0) is 9.19. The van der Waals surface area contributed by atoms with E-state index in [-0.39, 0.29) is 0 Å². The quantitative estimate of drug-likeness (QED) is 0.484. The van der Waals surface area contributed by atoms with Crippen LogP contribution in [0.15, 0.2) is 36.5 Å². The van der Waals surface area contributed by atoms with E-state index in [9.17, 15) is 0 Å². The van der Waals surface area contributed by atoms with Gasteiger partial charge in [-0.3, -0.25) is 0 Å². The molecule has 0 atom stereocenters. The van der Waals surface area contributed by atoms with Gasteiger partial charge >= 0.3 is 0 Å². The average molecular weight is 175 g/mol. The zero-order valence-corrected chi connectivity index (χ0v) is 8.28. The molecule has 1 rings (SSSR count). The minimum Gasteiger partial charge on any atom is -0.0885 e. The summed E-state index contributed by atoms with van der Waals surface area (Å²) < 4.78 is 0. The minimum atomic E-state index is 1.18. The van der Waals surface area contributed by atoms with Crippen LogP contribution in [0.1, 0.15) is 38.5 Å². The van der Waals surface area contributed by atoms with E-state index in [4.69, 9.17) is 0 Å². The lowest BCUT2D eigenvalue weighted by molar-refractivity contribution is 0.978. The van der Waals surface area contributed by atoms with Crippen LogP contribution in [-0.4, -0.2) is 0 Å². The summed E-state index contributed by atoms with van der Waals surface area (Å²) in [6.45, 7) is 0. The van der Waals surface area contributed by atoms with Gasteiger partial charge < -0.3 is 0 Å². The Morgan fingerprint density at radius 3 is 1.54 bits per heavy atom. The van der Waals surface area contributed by atoms with Gasteiger partial charge in [-0.2, -0.15) is 0 Å². The summed E-state index contributed by atoms with van der Waals surface area (Å²) in [6, 6.07) is 0. The Bertz CT molecular complexity index is 164. The Kier molecular flexibility index (Phi) is 6.22. The standard InChI is InChI=1S/C13H19/c1-2-4-6-8-10-12-13-11-9-7-5-3-1/h1-3,8-11H,4-7,12-13H2. The van der Waals surface area contributed by atoms with Crippen LogP contribution >= 0.6 is 0 Å². The smallest absolute Gasteiger partial charge is 0.0167 e. The summed E-state index contributed by atoms with van der Waals surface area (Å²) in [7, 11) is 0. The fourth-order valence-corrected chi connectivity index (χ4v) is 1.34. The van der Waals surface area contributed by atoms with Crippen molar-refractivity contribution < 1.29 is 0 Å².